The summed E-state index contributed by atoms with van der Waals surface area (Å²) in [6, 6.07) is 5.75. The van der Waals surface area contributed by atoms with Gasteiger partial charge in [-0.25, -0.2) is 0 Å². The maximum Gasteiger partial charge on any atom is 0.212 e. The van der Waals surface area contributed by atoms with Crippen LogP contribution in [0.15, 0.2) is 22.6 Å². The number of hydrogen-bond donors (Lipinski definition) is 0. The number of hydrogen-bond acceptors (Lipinski definition) is 2. The van der Waals surface area contributed by atoms with Gasteiger partial charge in [-0.15, -0.1) is 11.6 Å². The Hall–Kier alpha value is -1.28. The van der Waals surface area contributed by atoms with Crippen molar-refractivity contribution in [2.24, 2.45) is 0 Å². The zero-order valence-corrected chi connectivity index (χ0v) is 9.39. The van der Waals surface area contributed by atoms with Gasteiger partial charge in [-0.05, 0) is 37.1 Å². The van der Waals surface area contributed by atoms with E-state index in [1.54, 1.807) is 6.07 Å². The molecular weight excluding hydrogens is 212 g/mol. The van der Waals surface area contributed by atoms with E-state index in [1.165, 1.54) is 0 Å². The number of furan rings is 1. The predicted octanol–water partition coefficient (Wildman–Crippen LogP) is 3.47. The van der Waals surface area contributed by atoms with E-state index >= 15 is 0 Å². The van der Waals surface area contributed by atoms with Gasteiger partial charge in [-0.1, -0.05) is 6.07 Å². The summed E-state index contributed by atoms with van der Waals surface area (Å²) in [7, 11) is 0. The first-order valence-corrected chi connectivity index (χ1v) is 5.25. The molecule has 0 spiro atoms. The molecule has 0 aliphatic carbocycles. The van der Waals surface area contributed by atoms with Gasteiger partial charge < -0.3 is 4.42 Å². The molecule has 0 bridgehead atoms. The van der Waals surface area contributed by atoms with Crippen LogP contribution < -0.4 is 0 Å². The summed E-state index contributed by atoms with van der Waals surface area (Å²) in [5.74, 6) is 0.122. The second-order valence-corrected chi connectivity index (χ2v) is 3.93. The Labute approximate surface area is 92.8 Å². The molecular formula is C12H11ClO2. The number of carbonyl (C=O) groups is 1. The van der Waals surface area contributed by atoms with E-state index in [0.29, 0.717) is 5.76 Å². The van der Waals surface area contributed by atoms with Crippen LogP contribution in [0.1, 0.15) is 21.7 Å². The van der Waals surface area contributed by atoms with Crippen LogP contribution in [0.2, 0.25) is 0 Å². The van der Waals surface area contributed by atoms with E-state index in [1.807, 2.05) is 19.9 Å². The van der Waals surface area contributed by atoms with Crippen molar-refractivity contribution in [3.8, 4) is 0 Å². The number of aryl methyl sites for hydroxylation is 2. The third-order valence-corrected chi connectivity index (χ3v) is 2.63. The highest BCUT2D eigenvalue weighted by Crippen LogP contribution is 2.24. The van der Waals surface area contributed by atoms with Crippen LogP contribution in [-0.2, 0) is 0 Å². The van der Waals surface area contributed by atoms with Crippen molar-refractivity contribution in [1.29, 1.82) is 0 Å². The molecule has 0 radical (unpaired) electrons. The van der Waals surface area contributed by atoms with Gasteiger partial charge in [0.05, 0.1) is 5.88 Å². The fourth-order valence-electron chi connectivity index (χ4n) is 1.69. The summed E-state index contributed by atoms with van der Waals surface area (Å²) in [6.45, 7) is 4.00. The van der Waals surface area contributed by atoms with Crippen molar-refractivity contribution < 1.29 is 9.21 Å². The van der Waals surface area contributed by atoms with Gasteiger partial charge >= 0.3 is 0 Å². The molecule has 3 heteroatoms. The van der Waals surface area contributed by atoms with Crippen LogP contribution in [0.3, 0.4) is 0 Å². The molecule has 2 aromatic rings. The lowest BCUT2D eigenvalue weighted by Crippen LogP contribution is -1.96. The van der Waals surface area contributed by atoms with Crippen LogP contribution >= 0.6 is 11.6 Å². The maximum atomic E-state index is 11.4. The molecule has 78 valence electrons. The quantitative estimate of drug-likeness (QED) is 0.575. The van der Waals surface area contributed by atoms with E-state index in [9.17, 15) is 4.79 Å². The van der Waals surface area contributed by atoms with E-state index in [4.69, 9.17) is 16.0 Å². The monoisotopic (exact) mass is 222 g/mol. The van der Waals surface area contributed by atoms with Gasteiger partial charge in [0.2, 0.25) is 5.78 Å². The first-order valence-electron chi connectivity index (χ1n) is 4.72. The number of alkyl halides is 1. The maximum absolute atomic E-state index is 11.4. The number of benzene rings is 1. The highest BCUT2D eigenvalue weighted by atomic mass is 35.5. The lowest BCUT2D eigenvalue weighted by Gasteiger charge is -1.96. The fraction of sp³-hybridized carbons (Fsp3) is 0.250. The van der Waals surface area contributed by atoms with E-state index in [2.05, 4.69) is 6.07 Å². The predicted molar refractivity (Wildman–Crippen MR) is 60.7 cm³/mol. The first kappa shape index (κ1) is 10.2. The van der Waals surface area contributed by atoms with Gasteiger partial charge in [-0.2, -0.15) is 0 Å². The van der Waals surface area contributed by atoms with E-state index in [0.717, 1.165) is 22.1 Å². The van der Waals surface area contributed by atoms with Gasteiger partial charge in [0, 0.05) is 5.39 Å². The minimum absolute atomic E-state index is 0.0438. The molecule has 2 nitrogen and oxygen atoms in total. The Morgan fingerprint density at radius 3 is 2.73 bits per heavy atom. The fourth-order valence-corrected chi connectivity index (χ4v) is 1.82. The van der Waals surface area contributed by atoms with E-state index < -0.39 is 0 Å². The minimum Gasteiger partial charge on any atom is -0.453 e. The molecule has 0 saturated heterocycles. The summed E-state index contributed by atoms with van der Waals surface area (Å²) >= 11 is 5.48. The van der Waals surface area contributed by atoms with Crippen LogP contribution in [0.4, 0.5) is 0 Å². The number of ketones is 1. The van der Waals surface area contributed by atoms with Crippen molar-refractivity contribution in [2.75, 3.05) is 5.88 Å². The Kier molecular flexibility index (Phi) is 2.53. The number of Topliss-reactive ketones (excluding diaryl/α,β-unsaturated/α-hetero) is 1. The summed E-state index contributed by atoms with van der Waals surface area (Å²) in [5.41, 5.74) is 2.99. The zero-order chi connectivity index (χ0) is 11.0. The molecule has 1 aromatic carbocycles. The average molecular weight is 223 g/mol. The third kappa shape index (κ3) is 1.77. The molecule has 2 rings (SSSR count). The topological polar surface area (TPSA) is 30.2 Å². The number of halogens is 1. The van der Waals surface area contributed by atoms with Crippen molar-refractivity contribution in [2.45, 2.75) is 13.8 Å². The molecule has 0 atom stereocenters. The van der Waals surface area contributed by atoms with Crippen molar-refractivity contribution in [1.82, 2.24) is 0 Å². The SMILES string of the molecule is Cc1cc(C)c2cc(C(=O)CCl)oc2c1. The Bertz CT molecular complexity index is 526. The smallest absolute Gasteiger partial charge is 0.212 e. The minimum atomic E-state index is -0.176. The molecule has 0 unspecified atom stereocenters. The Morgan fingerprint density at radius 2 is 2.07 bits per heavy atom. The Balaban J connectivity index is 2.65. The molecule has 0 fully saturated rings. The second kappa shape index (κ2) is 3.70. The molecule has 0 aliphatic heterocycles. The van der Waals surface area contributed by atoms with Gasteiger partial charge in [-0.3, -0.25) is 4.79 Å². The molecule has 0 N–H and O–H groups in total. The van der Waals surface area contributed by atoms with E-state index in [-0.39, 0.29) is 11.7 Å². The molecule has 1 aromatic heterocycles. The largest absolute Gasteiger partial charge is 0.453 e. The summed E-state index contributed by atoms with van der Waals surface area (Å²) in [5, 5.41) is 0.981. The Morgan fingerprint density at radius 1 is 1.33 bits per heavy atom. The van der Waals surface area contributed by atoms with Crippen LogP contribution in [0.25, 0.3) is 11.0 Å². The second-order valence-electron chi connectivity index (χ2n) is 3.66. The van der Waals surface area contributed by atoms with Crippen molar-refractivity contribution in [3.05, 3.63) is 35.1 Å². The zero-order valence-electron chi connectivity index (χ0n) is 8.63. The van der Waals surface area contributed by atoms with Gasteiger partial charge in [0.25, 0.3) is 0 Å². The summed E-state index contributed by atoms with van der Waals surface area (Å²) < 4.78 is 5.45. The molecule has 0 aliphatic rings. The highest BCUT2D eigenvalue weighted by Gasteiger charge is 2.12. The highest BCUT2D eigenvalue weighted by molar-refractivity contribution is 6.30. The lowest BCUT2D eigenvalue weighted by atomic mass is 10.1. The van der Waals surface area contributed by atoms with Crippen molar-refractivity contribution >= 4 is 28.4 Å². The van der Waals surface area contributed by atoms with Gasteiger partial charge in [0.1, 0.15) is 5.58 Å². The molecule has 15 heavy (non-hydrogen) atoms. The molecule has 1 heterocycles. The van der Waals surface area contributed by atoms with Crippen molar-refractivity contribution in [3.63, 3.8) is 0 Å². The standard InChI is InChI=1S/C12H11ClO2/c1-7-3-8(2)9-5-12(10(14)6-13)15-11(9)4-7/h3-5H,6H2,1-2H3. The van der Waals surface area contributed by atoms with Crippen LogP contribution in [0, 0.1) is 13.8 Å². The lowest BCUT2D eigenvalue weighted by molar-refractivity contribution is 0.0992. The van der Waals surface area contributed by atoms with Crippen LogP contribution in [0.5, 0.6) is 0 Å². The normalized spacial score (nSPS) is 10.9. The molecule has 0 saturated carbocycles. The summed E-state index contributed by atoms with van der Waals surface area (Å²) in [6.07, 6.45) is 0. The third-order valence-electron chi connectivity index (χ3n) is 2.38. The van der Waals surface area contributed by atoms with Crippen LogP contribution in [-0.4, -0.2) is 11.7 Å². The summed E-state index contributed by atoms with van der Waals surface area (Å²) in [4.78, 5) is 11.4. The number of rotatable bonds is 2. The number of fused-ring (bicyclic) bond motifs is 1. The van der Waals surface area contributed by atoms with Gasteiger partial charge in [0.15, 0.2) is 5.76 Å². The average Bonchev–Trinajstić information content (AvgIpc) is 2.60. The molecule has 0 amide bonds. The first-order chi connectivity index (χ1) is 7.11. The number of carbonyl (C=O) groups excluding carboxylic acids is 1.